The van der Waals surface area contributed by atoms with Crippen molar-refractivity contribution in [3.63, 3.8) is 0 Å². The third-order valence-corrected chi connectivity index (χ3v) is 6.35. The van der Waals surface area contributed by atoms with Crippen molar-refractivity contribution in [3.05, 3.63) is 34.1 Å². The summed E-state index contributed by atoms with van der Waals surface area (Å²) in [5.41, 5.74) is 0.840. The van der Waals surface area contributed by atoms with E-state index >= 15 is 0 Å². The Morgan fingerprint density at radius 3 is 2.24 bits per heavy atom. The number of hydrogen-bond donors (Lipinski definition) is 0. The predicted octanol–water partition coefficient (Wildman–Crippen LogP) is 2.97. The molecule has 0 amide bonds. The van der Waals surface area contributed by atoms with Gasteiger partial charge >= 0.3 is 17.9 Å². The Hall–Kier alpha value is -2.87. The summed E-state index contributed by atoms with van der Waals surface area (Å²) in [7, 11) is 0. The first-order valence-electron chi connectivity index (χ1n) is 10.0. The number of carbonyl (C=O) groups excluding carboxylic acids is 3. The van der Waals surface area contributed by atoms with Crippen molar-refractivity contribution >= 4 is 58.0 Å². The highest BCUT2D eigenvalue weighted by atomic mass is 35.5. The molecule has 4 atom stereocenters. The van der Waals surface area contributed by atoms with Crippen LogP contribution in [-0.2, 0) is 33.3 Å². The van der Waals surface area contributed by atoms with Crippen LogP contribution in [0.3, 0.4) is 0 Å². The fraction of sp³-hybridized carbons (Fsp3) is 0.400. The molecule has 1 aliphatic rings. The molecule has 0 aliphatic carbocycles. The molecule has 0 saturated carbocycles. The Kier molecular flexibility index (Phi) is 6.98. The first kappa shape index (κ1) is 24.3. The molecule has 14 heteroatoms. The zero-order chi connectivity index (χ0) is 24.6. The molecule has 3 heterocycles. The number of hydrogen-bond acceptors (Lipinski definition) is 11. The first-order chi connectivity index (χ1) is 16.1. The van der Waals surface area contributed by atoms with Crippen molar-refractivity contribution in [1.29, 1.82) is 0 Å². The van der Waals surface area contributed by atoms with Gasteiger partial charge in [-0.3, -0.25) is 14.4 Å². The quantitative estimate of drug-likeness (QED) is 0.278. The van der Waals surface area contributed by atoms with Crippen molar-refractivity contribution in [3.8, 4) is 10.6 Å². The van der Waals surface area contributed by atoms with Crippen molar-refractivity contribution in [2.45, 2.75) is 45.3 Å². The van der Waals surface area contributed by atoms with Crippen LogP contribution in [-0.4, -0.2) is 62.2 Å². The highest BCUT2D eigenvalue weighted by Crippen LogP contribution is 2.32. The molecule has 11 nitrogen and oxygen atoms in total. The van der Waals surface area contributed by atoms with Crippen LogP contribution < -0.4 is 0 Å². The topological polar surface area (TPSA) is 123 Å². The summed E-state index contributed by atoms with van der Waals surface area (Å²) in [5.74, 6) is -1.91. The van der Waals surface area contributed by atoms with Gasteiger partial charge in [0.1, 0.15) is 5.01 Å². The summed E-state index contributed by atoms with van der Waals surface area (Å²) < 4.78 is 24.8. The molecule has 1 aliphatic heterocycles. The molecule has 1 aromatic carbocycles. The minimum atomic E-state index is -1.19. The highest BCUT2D eigenvalue weighted by molar-refractivity contribution is 7.71. The summed E-state index contributed by atoms with van der Waals surface area (Å²) >= 11 is 12.8. The van der Waals surface area contributed by atoms with E-state index in [9.17, 15) is 14.4 Å². The maximum atomic E-state index is 11.9. The molecule has 0 N–H and O–H groups in total. The van der Waals surface area contributed by atoms with E-state index in [-0.39, 0.29) is 11.4 Å². The Bertz CT molecular complexity index is 1300. The SMILES string of the molecule is CC(=O)O[C@@H]1[C@@H](OC(C)=O)[C@H](n2nc3sc(-c4ccc(Cl)cc4)nn3c2=S)OC[C@@H]1OC(C)=O. The van der Waals surface area contributed by atoms with Gasteiger partial charge in [0.25, 0.3) is 0 Å². The lowest BCUT2D eigenvalue weighted by Crippen LogP contribution is -2.55. The Labute approximate surface area is 207 Å². The monoisotopic (exact) mass is 526 g/mol. The van der Waals surface area contributed by atoms with Gasteiger partial charge in [0, 0.05) is 31.4 Å². The number of halogens is 1. The van der Waals surface area contributed by atoms with Crippen molar-refractivity contribution in [1.82, 2.24) is 19.4 Å². The third-order valence-electron chi connectivity index (χ3n) is 4.79. The average Bonchev–Trinajstić information content (AvgIpc) is 3.30. The summed E-state index contributed by atoms with van der Waals surface area (Å²) in [6, 6.07) is 7.17. The molecule has 1 fully saturated rings. The third kappa shape index (κ3) is 4.97. The van der Waals surface area contributed by atoms with E-state index in [0.717, 1.165) is 5.56 Å². The van der Waals surface area contributed by atoms with Crippen LogP contribution in [0.2, 0.25) is 5.02 Å². The Morgan fingerprint density at radius 2 is 1.65 bits per heavy atom. The number of rotatable bonds is 5. The van der Waals surface area contributed by atoms with Crippen LogP contribution in [0.4, 0.5) is 0 Å². The number of aromatic nitrogens is 4. The number of ether oxygens (including phenoxy) is 4. The molecular weight excluding hydrogens is 508 g/mol. The molecule has 180 valence electrons. The van der Waals surface area contributed by atoms with Gasteiger partial charge < -0.3 is 18.9 Å². The molecule has 4 rings (SSSR count). The van der Waals surface area contributed by atoms with E-state index < -0.39 is 42.4 Å². The minimum Gasteiger partial charge on any atom is -0.456 e. The summed E-state index contributed by atoms with van der Waals surface area (Å²) in [6.07, 6.45) is -4.37. The summed E-state index contributed by atoms with van der Waals surface area (Å²) in [4.78, 5) is 35.7. The number of nitrogens with zero attached hydrogens (tertiary/aromatic N) is 4. The highest BCUT2D eigenvalue weighted by Gasteiger charge is 2.48. The van der Waals surface area contributed by atoms with E-state index in [1.54, 1.807) is 12.1 Å². The van der Waals surface area contributed by atoms with Gasteiger partial charge in [0.05, 0.1) is 6.61 Å². The molecule has 34 heavy (non-hydrogen) atoms. The molecule has 0 bridgehead atoms. The normalized spacial score (nSPS) is 22.4. The summed E-state index contributed by atoms with van der Waals surface area (Å²) in [5, 5.41) is 10.3. The van der Waals surface area contributed by atoms with Crippen molar-refractivity contribution < 1.29 is 33.3 Å². The maximum Gasteiger partial charge on any atom is 0.303 e. The molecule has 0 unspecified atom stereocenters. The lowest BCUT2D eigenvalue weighted by Gasteiger charge is -2.40. The van der Waals surface area contributed by atoms with E-state index in [0.29, 0.717) is 15.0 Å². The second-order valence-electron chi connectivity index (χ2n) is 7.36. The molecule has 1 saturated heterocycles. The molecule has 0 spiro atoms. The first-order valence-corrected chi connectivity index (χ1v) is 11.6. The number of benzene rings is 1. The van der Waals surface area contributed by atoms with E-state index in [4.69, 9.17) is 42.8 Å². The fourth-order valence-electron chi connectivity index (χ4n) is 3.51. The lowest BCUT2D eigenvalue weighted by molar-refractivity contribution is -0.241. The Balaban J connectivity index is 1.72. The molecule has 3 aromatic rings. The van der Waals surface area contributed by atoms with Gasteiger partial charge in [-0.25, -0.2) is 4.68 Å². The van der Waals surface area contributed by atoms with Gasteiger partial charge in [-0.05, 0) is 24.4 Å². The standard InChI is InChI=1S/C20H19ClN4O7S2/c1-9(26)30-14-8-29-18(16(32-11(3)28)15(14)31-10(2)27)24-20(33)25-19(23-24)34-17(22-25)12-4-6-13(21)7-5-12/h4-7,14-16,18H,8H2,1-3H3/t14-,15-,16+,18+/m0/s1. The van der Waals surface area contributed by atoms with Crippen LogP contribution in [0.1, 0.15) is 27.0 Å². The van der Waals surface area contributed by atoms with Crippen LogP contribution in [0.25, 0.3) is 15.5 Å². The van der Waals surface area contributed by atoms with Gasteiger partial charge in [0.15, 0.2) is 24.5 Å². The van der Waals surface area contributed by atoms with Crippen LogP contribution in [0, 0.1) is 4.77 Å². The smallest absolute Gasteiger partial charge is 0.303 e. The second kappa shape index (κ2) is 9.78. The predicted molar refractivity (Wildman–Crippen MR) is 122 cm³/mol. The van der Waals surface area contributed by atoms with Crippen LogP contribution >= 0.6 is 35.2 Å². The minimum absolute atomic E-state index is 0.142. The van der Waals surface area contributed by atoms with Crippen LogP contribution in [0.15, 0.2) is 24.3 Å². The van der Waals surface area contributed by atoms with E-state index in [1.165, 1.54) is 41.3 Å². The van der Waals surface area contributed by atoms with Gasteiger partial charge in [0.2, 0.25) is 9.73 Å². The zero-order valence-electron chi connectivity index (χ0n) is 18.2. The zero-order valence-corrected chi connectivity index (χ0v) is 20.6. The Morgan fingerprint density at radius 1 is 1.03 bits per heavy atom. The molecule has 2 aromatic heterocycles. The maximum absolute atomic E-state index is 11.9. The van der Waals surface area contributed by atoms with Gasteiger partial charge in [-0.1, -0.05) is 35.1 Å². The molecular formula is C20H19ClN4O7S2. The lowest BCUT2D eigenvalue weighted by atomic mass is 10.0. The largest absolute Gasteiger partial charge is 0.456 e. The van der Waals surface area contributed by atoms with E-state index in [2.05, 4.69) is 10.2 Å². The fourth-order valence-corrected chi connectivity index (χ4v) is 4.86. The van der Waals surface area contributed by atoms with Crippen molar-refractivity contribution in [2.75, 3.05) is 6.61 Å². The van der Waals surface area contributed by atoms with Gasteiger partial charge in [-0.2, -0.15) is 9.61 Å². The van der Waals surface area contributed by atoms with Crippen molar-refractivity contribution in [2.24, 2.45) is 0 Å². The summed E-state index contributed by atoms with van der Waals surface area (Å²) in [6.45, 7) is 3.46. The number of carbonyl (C=O) groups is 3. The van der Waals surface area contributed by atoms with Gasteiger partial charge in [-0.15, -0.1) is 5.10 Å². The van der Waals surface area contributed by atoms with Crippen LogP contribution in [0.5, 0.6) is 0 Å². The average molecular weight is 527 g/mol. The number of fused-ring (bicyclic) bond motifs is 1. The number of esters is 3. The molecule has 0 radical (unpaired) electrons. The van der Waals surface area contributed by atoms with E-state index in [1.807, 2.05) is 12.1 Å². The second-order valence-corrected chi connectivity index (χ2v) is 9.11.